The van der Waals surface area contributed by atoms with Crippen LogP contribution in [-0.2, 0) is 4.79 Å². The molecule has 2 nitrogen and oxygen atoms in total. The van der Waals surface area contributed by atoms with Crippen LogP contribution in [0.4, 0.5) is 0 Å². The molecule has 3 aliphatic rings. The topological polar surface area (TPSA) is 37.3 Å². The van der Waals surface area contributed by atoms with E-state index in [1.807, 2.05) is 0 Å². The molecule has 0 aromatic carbocycles. The summed E-state index contributed by atoms with van der Waals surface area (Å²) in [6, 6.07) is 0. The van der Waals surface area contributed by atoms with Crippen molar-refractivity contribution in [3.8, 4) is 0 Å². The van der Waals surface area contributed by atoms with Gasteiger partial charge in [0, 0.05) is 17.8 Å². The van der Waals surface area contributed by atoms with E-state index in [1.54, 1.807) is 0 Å². The molecule has 0 aliphatic heterocycles. The molecule has 14 heavy (non-hydrogen) atoms. The Kier molecular flexibility index (Phi) is 1.54. The van der Waals surface area contributed by atoms with Crippen molar-refractivity contribution in [3.63, 3.8) is 0 Å². The monoisotopic (exact) mass is 192 g/mol. The zero-order valence-corrected chi connectivity index (χ0v) is 8.33. The molecule has 0 amide bonds. The number of carbonyl (C=O) groups is 1. The van der Waals surface area contributed by atoms with Crippen molar-refractivity contribution in [3.05, 3.63) is 12.2 Å². The first-order chi connectivity index (χ1) is 6.65. The van der Waals surface area contributed by atoms with Gasteiger partial charge in [0.15, 0.2) is 0 Å². The molecule has 0 radical (unpaired) electrons. The lowest BCUT2D eigenvalue weighted by molar-refractivity contribution is -0.132. The molecule has 4 atom stereocenters. The van der Waals surface area contributed by atoms with Gasteiger partial charge in [0.1, 0.15) is 5.78 Å². The summed E-state index contributed by atoms with van der Waals surface area (Å²) in [5, 5.41) is 9.92. The summed E-state index contributed by atoms with van der Waals surface area (Å²) in [5.41, 5.74) is 0.986. The van der Waals surface area contributed by atoms with Gasteiger partial charge in [0.05, 0.1) is 6.10 Å². The van der Waals surface area contributed by atoms with Gasteiger partial charge in [-0.3, -0.25) is 4.79 Å². The molecule has 1 N–H and O–H groups in total. The number of hydrogen-bond acceptors (Lipinski definition) is 2. The summed E-state index contributed by atoms with van der Waals surface area (Å²) in [6.07, 6.45) is 4.06. The SMILES string of the molecule is C=C1[C@@H]2CCC(=O)[C@@]3(CC[C@@H](O)[C@@H]13)C2. The maximum atomic E-state index is 12.0. The van der Waals surface area contributed by atoms with E-state index in [2.05, 4.69) is 6.58 Å². The summed E-state index contributed by atoms with van der Waals surface area (Å²) in [5.74, 6) is 1.02. The first-order valence-corrected chi connectivity index (χ1v) is 5.55. The third-order valence-electron chi connectivity index (χ3n) is 4.68. The molecule has 0 saturated heterocycles. The summed E-state index contributed by atoms with van der Waals surface area (Å²) in [7, 11) is 0. The molecule has 2 heteroatoms. The smallest absolute Gasteiger partial charge is 0.139 e. The second kappa shape index (κ2) is 2.48. The number of hydrogen-bond donors (Lipinski definition) is 1. The molecule has 3 aliphatic carbocycles. The van der Waals surface area contributed by atoms with Gasteiger partial charge in [0.25, 0.3) is 0 Å². The third kappa shape index (κ3) is 0.789. The Morgan fingerprint density at radius 2 is 2.21 bits per heavy atom. The van der Waals surface area contributed by atoms with Crippen LogP contribution >= 0.6 is 0 Å². The van der Waals surface area contributed by atoms with Crippen molar-refractivity contribution in [1.82, 2.24) is 0 Å². The van der Waals surface area contributed by atoms with Gasteiger partial charge in [0.2, 0.25) is 0 Å². The van der Waals surface area contributed by atoms with Gasteiger partial charge in [-0.2, -0.15) is 0 Å². The van der Waals surface area contributed by atoms with Gasteiger partial charge < -0.3 is 5.11 Å². The second-order valence-electron chi connectivity index (χ2n) is 5.18. The number of ketones is 1. The fraction of sp³-hybridized carbons (Fsp3) is 0.750. The quantitative estimate of drug-likeness (QED) is 0.593. The Morgan fingerprint density at radius 1 is 1.43 bits per heavy atom. The Hall–Kier alpha value is -0.630. The third-order valence-corrected chi connectivity index (χ3v) is 4.68. The Balaban J connectivity index is 2.10. The Morgan fingerprint density at radius 3 is 3.00 bits per heavy atom. The van der Waals surface area contributed by atoms with Crippen molar-refractivity contribution in [1.29, 1.82) is 0 Å². The minimum absolute atomic E-state index is 0.0995. The molecule has 3 rings (SSSR count). The Bertz CT molecular complexity index is 320. The lowest BCUT2D eigenvalue weighted by atomic mass is 9.71. The van der Waals surface area contributed by atoms with E-state index in [0.717, 1.165) is 25.7 Å². The van der Waals surface area contributed by atoms with Crippen molar-refractivity contribution in [2.24, 2.45) is 17.3 Å². The van der Waals surface area contributed by atoms with Gasteiger partial charge in [-0.15, -0.1) is 0 Å². The summed E-state index contributed by atoms with van der Waals surface area (Å²) in [4.78, 5) is 12.0. The predicted octanol–water partition coefficient (Wildman–Crippen LogP) is 1.68. The molecule has 76 valence electrons. The number of rotatable bonds is 0. The number of aliphatic hydroxyl groups excluding tert-OH is 1. The average molecular weight is 192 g/mol. The minimum Gasteiger partial charge on any atom is -0.392 e. The first-order valence-electron chi connectivity index (χ1n) is 5.55. The van der Waals surface area contributed by atoms with Crippen LogP contribution < -0.4 is 0 Å². The molecule has 2 bridgehead atoms. The van der Waals surface area contributed by atoms with Crippen molar-refractivity contribution >= 4 is 5.78 Å². The van der Waals surface area contributed by atoms with E-state index in [1.165, 1.54) is 5.57 Å². The van der Waals surface area contributed by atoms with Crippen LogP contribution in [0, 0.1) is 17.3 Å². The molecule has 0 heterocycles. The molecule has 3 saturated carbocycles. The lowest BCUT2D eigenvalue weighted by Gasteiger charge is -2.30. The number of Topliss-reactive ketones (excluding diaryl/α,β-unsaturated/α-hetero) is 1. The standard InChI is InChI=1S/C12H16O2/c1-7-8-2-3-10(14)12(6-8)5-4-9(13)11(7)12/h8-9,11,13H,1-6H2/t8-,9-,11-,12-/m1/s1. The van der Waals surface area contributed by atoms with Crippen LogP contribution in [-0.4, -0.2) is 17.0 Å². The van der Waals surface area contributed by atoms with E-state index < -0.39 is 0 Å². The van der Waals surface area contributed by atoms with Crippen molar-refractivity contribution < 1.29 is 9.90 Å². The largest absolute Gasteiger partial charge is 0.392 e. The molecule has 0 unspecified atom stereocenters. The lowest BCUT2D eigenvalue weighted by Crippen LogP contribution is -2.35. The molecular weight excluding hydrogens is 176 g/mol. The van der Waals surface area contributed by atoms with Crippen LogP contribution in [0.2, 0.25) is 0 Å². The normalized spacial score (nSPS) is 51.1. The van der Waals surface area contributed by atoms with E-state index in [0.29, 0.717) is 18.1 Å². The predicted molar refractivity (Wildman–Crippen MR) is 52.7 cm³/mol. The highest BCUT2D eigenvalue weighted by Gasteiger charge is 2.61. The van der Waals surface area contributed by atoms with E-state index >= 15 is 0 Å². The summed E-state index contributed by atoms with van der Waals surface area (Å²) < 4.78 is 0. The minimum atomic E-state index is -0.297. The number of fused-ring (bicyclic) bond motifs is 1. The highest BCUT2D eigenvalue weighted by atomic mass is 16.3. The fourth-order valence-corrected chi connectivity index (χ4v) is 4.02. The van der Waals surface area contributed by atoms with E-state index in [9.17, 15) is 9.90 Å². The van der Waals surface area contributed by atoms with Crippen LogP contribution in [0.5, 0.6) is 0 Å². The maximum Gasteiger partial charge on any atom is 0.139 e. The van der Waals surface area contributed by atoms with Crippen molar-refractivity contribution in [2.45, 2.75) is 38.2 Å². The van der Waals surface area contributed by atoms with Crippen LogP contribution in [0.3, 0.4) is 0 Å². The summed E-state index contributed by atoms with van der Waals surface area (Å²) in [6.45, 7) is 4.11. The molecule has 3 fully saturated rings. The number of carbonyl (C=O) groups excluding carboxylic acids is 1. The van der Waals surface area contributed by atoms with E-state index in [4.69, 9.17) is 0 Å². The van der Waals surface area contributed by atoms with Crippen molar-refractivity contribution in [2.75, 3.05) is 0 Å². The zero-order valence-electron chi connectivity index (χ0n) is 8.33. The molecule has 1 spiro atoms. The van der Waals surface area contributed by atoms with E-state index in [-0.39, 0.29) is 17.4 Å². The molecule has 0 aromatic heterocycles. The fourth-order valence-electron chi connectivity index (χ4n) is 4.02. The highest BCUT2D eigenvalue weighted by Crippen LogP contribution is 2.62. The maximum absolute atomic E-state index is 12.0. The van der Waals surface area contributed by atoms with Crippen LogP contribution in [0.1, 0.15) is 32.1 Å². The average Bonchev–Trinajstić information content (AvgIpc) is 2.59. The van der Waals surface area contributed by atoms with Crippen LogP contribution in [0.25, 0.3) is 0 Å². The first kappa shape index (κ1) is 8.66. The van der Waals surface area contributed by atoms with Gasteiger partial charge in [-0.1, -0.05) is 12.2 Å². The van der Waals surface area contributed by atoms with Gasteiger partial charge in [-0.05, 0) is 31.6 Å². The number of aliphatic hydroxyl groups is 1. The van der Waals surface area contributed by atoms with Gasteiger partial charge in [-0.25, -0.2) is 0 Å². The Labute approximate surface area is 84.0 Å². The van der Waals surface area contributed by atoms with Crippen LogP contribution in [0.15, 0.2) is 12.2 Å². The molecular formula is C12H16O2. The second-order valence-corrected chi connectivity index (χ2v) is 5.18. The highest BCUT2D eigenvalue weighted by molar-refractivity contribution is 5.88. The zero-order chi connectivity index (χ0) is 9.92. The summed E-state index contributed by atoms with van der Waals surface area (Å²) >= 11 is 0. The molecule has 0 aromatic rings. The van der Waals surface area contributed by atoms with Gasteiger partial charge >= 0.3 is 0 Å².